The molecule has 2 fully saturated rings. The van der Waals surface area contributed by atoms with Crippen molar-refractivity contribution in [2.24, 2.45) is 5.92 Å². The molecule has 142 valence electrons. The van der Waals surface area contributed by atoms with Crippen LogP contribution in [0.3, 0.4) is 0 Å². The van der Waals surface area contributed by atoms with Gasteiger partial charge >= 0.3 is 0 Å². The minimum absolute atomic E-state index is 0.0530. The summed E-state index contributed by atoms with van der Waals surface area (Å²) in [4.78, 5) is 41.0. The second-order valence-corrected chi connectivity index (χ2v) is 7.17. The van der Waals surface area contributed by atoms with Gasteiger partial charge in [-0.15, -0.1) is 11.3 Å². The lowest BCUT2D eigenvalue weighted by Crippen LogP contribution is -2.38. The van der Waals surface area contributed by atoms with Gasteiger partial charge in [0, 0.05) is 37.5 Å². The van der Waals surface area contributed by atoms with Gasteiger partial charge in [0.15, 0.2) is 5.75 Å². The van der Waals surface area contributed by atoms with E-state index < -0.39 is 0 Å². The lowest BCUT2D eigenvalue weighted by Gasteiger charge is -2.22. The molecule has 10 heteroatoms. The van der Waals surface area contributed by atoms with Gasteiger partial charge in [0.25, 0.3) is 11.8 Å². The Balaban J connectivity index is 1.44. The van der Waals surface area contributed by atoms with Gasteiger partial charge in [-0.25, -0.2) is 15.0 Å². The van der Waals surface area contributed by atoms with E-state index in [4.69, 9.17) is 9.47 Å². The molecule has 4 heterocycles. The molecule has 0 spiro atoms. The highest BCUT2D eigenvalue weighted by Gasteiger charge is 2.40. The molecule has 4 rings (SSSR count). The lowest BCUT2D eigenvalue weighted by molar-refractivity contribution is 0.0474. The molecule has 2 atom stereocenters. The van der Waals surface area contributed by atoms with E-state index in [0.29, 0.717) is 44.2 Å². The highest BCUT2D eigenvalue weighted by atomic mass is 32.1. The zero-order valence-electron chi connectivity index (χ0n) is 14.8. The molecule has 0 saturated carbocycles. The normalized spacial score (nSPS) is 22.3. The Hall–Kier alpha value is -2.59. The SMILES string of the molecule is COc1cnc(C(=O)N2C[C@@H]3CN(C(=O)c4cscn4)CCO[C@@H]3C2)nc1. The van der Waals surface area contributed by atoms with Crippen LogP contribution in [0.1, 0.15) is 21.1 Å². The predicted molar refractivity (Wildman–Crippen MR) is 95.7 cm³/mol. The molecular formula is C17H19N5O4S. The summed E-state index contributed by atoms with van der Waals surface area (Å²) >= 11 is 1.40. The molecule has 27 heavy (non-hydrogen) atoms. The van der Waals surface area contributed by atoms with E-state index in [-0.39, 0.29) is 29.7 Å². The van der Waals surface area contributed by atoms with Crippen molar-refractivity contribution in [3.05, 3.63) is 34.8 Å². The van der Waals surface area contributed by atoms with Crippen molar-refractivity contribution >= 4 is 23.2 Å². The highest BCUT2D eigenvalue weighted by molar-refractivity contribution is 7.07. The number of fused-ring (bicyclic) bond motifs is 1. The van der Waals surface area contributed by atoms with Crippen molar-refractivity contribution in [2.45, 2.75) is 6.10 Å². The number of methoxy groups -OCH3 is 1. The Morgan fingerprint density at radius 2 is 1.93 bits per heavy atom. The van der Waals surface area contributed by atoms with E-state index in [0.717, 1.165) is 0 Å². The second kappa shape index (κ2) is 7.57. The molecule has 2 aliphatic heterocycles. The van der Waals surface area contributed by atoms with Gasteiger partial charge in [0.05, 0.1) is 37.7 Å². The summed E-state index contributed by atoms with van der Waals surface area (Å²) in [5.41, 5.74) is 2.10. The van der Waals surface area contributed by atoms with Crippen molar-refractivity contribution in [1.82, 2.24) is 24.8 Å². The topological polar surface area (TPSA) is 97.8 Å². The number of nitrogens with zero attached hydrogens (tertiary/aromatic N) is 5. The fraction of sp³-hybridized carbons (Fsp3) is 0.471. The van der Waals surface area contributed by atoms with Gasteiger partial charge in [0.1, 0.15) is 5.69 Å². The number of hydrogen-bond donors (Lipinski definition) is 0. The van der Waals surface area contributed by atoms with Crippen LogP contribution in [0.15, 0.2) is 23.3 Å². The Labute approximate surface area is 159 Å². The number of carbonyl (C=O) groups is 2. The van der Waals surface area contributed by atoms with E-state index in [2.05, 4.69) is 15.0 Å². The van der Waals surface area contributed by atoms with Gasteiger partial charge in [-0.2, -0.15) is 0 Å². The summed E-state index contributed by atoms with van der Waals surface area (Å²) < 4.78 is 10.9. The first-order valence-corrected chi connectivity index (χ1v) is 9.54. The summed E-state index contributed by atoms with van der Waals surface area (Å²) in [6.07, 6.45) is 2.85. The maximum atomic E-state index is 12.7. The van der Waals surface area contributed by atoms with Gasteiger partial charge in [-0.1, -0.05) is 0 Å². The average Bonchev–Trinajstić information content (AvgIpc) is 3.33. The molecule has 0 aromatic carbocycles. The Morgan fingerprint density at radius 3 is 2.63 bits per heavy atom. The number of thiazole rings is 1. The van der Waals surface area contributed by atoms with Gasteiger partial charge in [-0.05, 0) is 0 Å². The van der Waals surface area contributed by atoms with Crippen LogP contribution in [0.2, 0.25) is 0 Å². The van der Waals surface area contributed by atoms with Crippen molar-refractivity contribution in [2.75, 3.05) is 39.9 Å². The summed E-state index contributed by atoms with van der Waals surface area (Å²) in [5.74, 6) is 0.341. The summed E-state index contributed by atoms with van der Waals surface area (Å²) in [6.45, 7) is 2.47. The van der Waals surface area contributed by atoms with E-state index in [9.17, 15) is 9.59 Å². The Bertz CT molecular complexity index is 813. The van der Waals surface area contributed by atoms with Crippen LogP contribution < -0.4 is 4.74 Å². The first kappa shape index (κ1) is 17.8. The monoisotopic (exact) mass is 389 g/mol. The van der Waals surface area contributed by atoms with Crippen molar-refractivity contribution in [3.8, 4) is 5.75 Å². The van der Waals surface area contributed by atoms with Crippen LogP contribution in [0.25, 0.3) is 0 Å². The van der Waals surface area contributed by atoms with Crippen LogP contribution >= 0.6 is 11.3 Å². The highest BCUT2D eigenvalue weighted by Crippen LogP contribution is 2.25. The third-order valence-electron chi connectivity index (χ3n) is 4.81. The van der Waals surface area contributed by atoms with Crippen LogP contribution in [0, 0.1) is 5.92 Å². The van der Waals surface area contributed by atoms with Gasteiger partial charge < -0.3 is 19.3 Å². The summed E-state index contributed by atoms with van der Waals surface area (Å²) in [6, 6.07) is 0. The number of hydrogen-bond acceptors (Lipinski definition) is 8. The van der Waals surface area contributed by atoms with E-state index in [1.54, 1.807) is 20.7 Å². The number of carbonyl (C=O) groups excluding carboxylic acids is 2. The molecule has 9 nitrogen and oxygen atoms in total. The van der Waals surface area contributed by atoms with Crippen LogP contribution in [-0.4, -0.2) is 82.6 Å². The van der Waals surface area contributed by atoms with E-state index >= 15 is 0 Å². The third-order valence-corrected chi connectivity index (χ3v) is 5.40. The number of ether oxygens (including phenoxy) is 2. The molecule has 0 radical (unpaired) electrons. The number of aromatic nitrogens is 3. The largest absolute Gasteiger partial charge is 0.494 e. The molecule has 0 bridgehead atoms. The molecule has 2 aliphatic rings. The molecular weight excluding hydrogens is 370 g/mol. The second-order valence-electron chi connectivity index (χ2n) is 6.45. The fourth-order valence-corrected chi connectivity index (χ4v) is 3.92. The Morgan fingerprint density at radius 1 is 1.15 bits per heavy atom. The third kappa shape index (κ3) is 3.62. The molecule has 2 aromatic rings. The molecule has 0 N–H and O–H groups in total. The first-order valence-electron chi connectivity index (χ1n) is 8.60. The summed E-state index contributed by atoms with van der Waals surface area (Å²) in [7, 11) is 1.52. The number of likely N-dealkylation sites (tertiary alicyclic amines) is 1. The Kier molecular flexibility index (Phi) is 4.99. The molecule has 2 amide bonds. The van der Waals surface area contributed by atoms with Crippen molar-refractivity contribution in [1.29, 1.82) is 0 Å². The molecule has 0 aliphatic carbocycles. The van der Waals surface area contributed by atoms with Gasteiger partial charge in [-0.3, -0.25) is 9.59 Å². The van der Waals surface area contributed by atoms with Crippen LogP contribution in [0.4, 0.5) is 0 Å². The molecule has 2 aromatic heterocycles. The van der Waals surface area contributed by atoms with E-state index in [1.807, 2.05) is 0 Å². The smallest absolute Gasteiger partial charge is 0.291 e. The van der Waals surface area contributed by atoms with Gasteiger partial charge in [0.2, 0.25) is 5.82 Å². The zero-order chi connectivity index (χ0) is 18.8. The maximum Gasteiger partial charge on any atom is 0.291 e. The van der Waals surface area contributed by atoms with Crippen molar-refractivity contribution in [3.63, 3.8) is 0 Å². The van der Waals surface area contributed by atoms with Crippen LogP contribution in [-0.2, 0) is 4.74 Å². The fourth-order valence-electron chi connectivity index (χ4n) is 3.40. The quantitative estimate of drug-likeness (QED) is 0.756. The average molecular weight is 389 g/mol. The molecule has 0 unspecified atom stereocenters. The molecule has 2 saturated heterocycles. The number of amides is 2. The standard InChI is InChI=1S/C17H19N5O4S/c1-25-12-4-18-15(19-5-12)17(24)22-7-11-6-21(2-3-26-14(11)8-22)16(23)13-9-27-10-20-13/h4-5,9-11,14H,2-3,6-8H2,1H3/t11-,14+/m0/s1. The summed E-state index contributed by atoms with van der Waals surface area (Å²) in [5, 5.41) is 1.75. The predicted octanol–water partition coefficient (Wildman–Crippen LogP) is 0.555. The number of rotatable bonds is 3. The van der Waals surface area contributed by atoms with Crippen molar-refractivity contribution < 1.29 is 19.1 Å². The first-order chi connectivity index (χ1) is 13.2. The minimum atomic E-state index is -0.244. The van der Waals surface area contributed by atoms with E-state index in [1.165, 1.54) is 30.8 Å². The van der Waals surface area contributed by atoms with Crippen LogP contribution in [0.5, 0.6) is 5.75 Å². The minimum Gasteiger partial charge on any atom is -0.494 e. The lowest BCUT2D eigenvalue weighted by atomic mass is 10.1. The zero-order valence-corrected chi connectivity index (χ0v) is 15.6. The maximum absolute atomic E-state index is 12.7.